The van der Waals surface area contributed by atoms with E-state index in [0.717, 1.165) is 10.0 Å². The van der Waals surface area contributed by atoms with Gasteiger partial charge in [-0.2, -0.15) is 0 Å². The van der Waals surface area contributed by atoms with E-state index < -0.39 is 6.10 Å². The Morgan fingerprint density at radius 3 is 2.83 bits per heavy atom. The Labute approximate surface area is 115 Å². The van der Waals surface area contributed by atoms with Crippen LogP contribution >= 0.6 is 15.9 Å². The van der Waals surface area contributed by atoms with Gasteiger partial charge < -0.3 is 14.7 Å². The van der Waals surface area contributed by atoms with E-state index in [-0.39, 0.29) is 12.5 Å². The number of aryl methyl sites for hydroxylation is 1. The first kappa shape index (κ1) is 13.4. The Morgan fingerprint density at radius 1 is 1.56 bits per heavy atom. The largest absolute Gasteiger partial charge is 0.480 e. The van der Waals surface area contributed by atoms with Crippen molar-refractivity contribution in [2.24, 2.45) is 0 Å². The fourth-order valence-corrected chi connectivity index (χ4v) is 2.75. The molecule has 0 bridgehead atoms. The number of amides is 1. The van der Waals surface area contributed by atoms with E-state index in [1.165, 1.54) is 0 Å². The molecule has 98 valence electrons. The third-order valence-corrected chi connectivity index (χ3v) is 3.58. The van der Waals surface area contributed by atoms with Crippen molar-refractivity contribution in [3.63, 3.8) is 0 Å². The van der Waals surface area contributed by atoms with Crippen LogP contribution in [0.1, 0.15) is 17.5 Å². The van der Waals surface area contributed by atoms with Gasteiger partial charge in [-0.3, -0.25) is 4.79 Å². The van der Waals surface area contributed by atoms with Crippen LogP contribution in [0.25, 0.3) is 0 Å². The second kappa shape index (κ2) is 5.28. The van der Waals surface area contributed by atoms with Crippen molar-refractivity contribution in [2.75, 3.05) is 13.6 Å². The summed E-state index contributed by atoms with van der Waals surface area (Å²) in [5, 5.41) is 9.36. The van der Waals surface area contributed by atoms with Gasteiger partial charge in [-0.1, -0.05) is 15.9 Å². The summed E-state index contributed by atoms with van der Waals surface area (Å²) in [6, 6.07) is 3.73. The minimum absolute atomic E-state index is 0.00112. The lowest BCUT2D eigenvalue weighted by atomic mass is 10.1. The summed E-state index contributed by atoms with van der Waals surface area (Å²) in [7, 11) is 1.77. The number of hydrogen-bond acceptors (Lipinski definition) is 3. The van der Waals surface area contributed by atoms with E-state index in [2.05, 4.69) is 15.9 Å². The molecule has 1 amide bonds. The highest BCUT2D eigenvalue weighted by Crippen LogP contribution is 2.30. The first-order chi connectivity index (χ1) is 8.52. The van der Waals surface area contributed by atoms with Gasteiger partial charge in [-0.05, 0) is 24.6 Å². The number of nitrogens with zero attached hydrogens (tertiary/aromatic N) is 1. The molecule has 1 aliphatic rings. The predicted octanol–water partition coefficient (Wildman–Crippen LogP) is 1.86. The number of aliphatic hydroxyl groups is 1. The van der Waals surface area contributed by atoms with Crippen molar-refractivity contribution >= 4 is 21.8 Å². The number of halogens is 1. The van der Waals surface area contributed by atoms with Gasteiger partial charge in [-0.15, -0.1) is 0 Å². The molecular weight excluding hydrogens is 298 g/mol. The van der Waals surface area contributed by atoms with Gasteiger partial charge in [0.15, 0.2) is 6.10 Å². The lowest BCUT2D eigenvalue weighted by Gasteiger charge is -2.17. The molecule has 0 aliphatic carbocycles. The van der Waals surface area contributed by atoms with E-state index in [1.807, 2.05) is 19.1 Å². The fraction of sp³-hybridized carbons (Fsp3) is 0.462. The fourth-order valence-electron chi connectivity index (χ4n) is 2.13. The van der Waals surface area contributed by atoms with Crippen molar-refractivity contribution in [1.82, 2.24) is 4.90 Å². The van der Waals surface area contributed by atoms with Gasteiger partial charge in [0.2, 0.25) is 0 Å². The number of ether oxygens (including phenoxy) is 1. The Balaban J connectivity index is 2.26. The maximum Gasteiger partial charge on any atom is 0.263 e. The Bertz CT molecular complexity index is 476. The van der Waals surface area contributed by atoms with E-state index in [0.29, 0.717) is 24.3 Å². The maximum absolute atomic E-state index is 11.8. The third-order valence-electron chi connectivity index (χ3n) is 3.13. The number of carbonyl (C=O) groups excluding carboxylic acids is 1. The Morgan fingerprint density at radius 2 is 2.28 bits per heavy atom. The molecule has 18 heavy (non-hydrogen) atoms. The van der Waals surface area contributed by atoms with Crippen LogP contribution in [0, 0.1) is 6.92 Å². The Hall–Kier alpha value is -1.07. The van der Waals surface area contributed by atoms with Crippen molar-refractivity contribution in [3.8, 4) is 5.75 Å². The molecule has 4 nitrogen and oxygen atoms in total. The molecule has 1 aliphatic heterocycles. The summed E-state index contributed by atoms with van der Waals surface area (Å²) in [4.78, 5) is 13.5. The molecule has 2 rings (SSSR count). The molecule has 1 atom stereocenters. The lowest BCUT2D eigenvalue weighted by molar-refractivity contribution is -0.132. The molecule has 0 saturated carbocycles. The second-order valence-electron chi connectivity index (χ2n) is 4.52. The summed E-state index contributed by atoms with van der Waals surface area (Å²) in [6.07, 6.45) is 0.260. The molecule has 1 saturated heterocycles. The quantitative estimate of drug-likeness (QED) is 0.926. The van der Waals surface area contributed by atoms with Crippen molar-refractivity contribution < 1.29 is 14.6 Å². The third kappa shape index (κ3) is 2.52. The first-order valence-electron chi connectivity index (χ1n) is 5.84. The van der Waals surface area contributed by atoms with E-state index in [1.54, 1.807) is 11.9 Å². The highest BCUT2D eigenvalue weighted by molar-refractivity contribution is 9.10. The van der Waals surface area contributed by atoms with Crippen LogP contribution in [0.5, 0.6) is 5.75 Å². The first-order valence-corrected chi connectivity index (χ1v) is 6.63. The standard InChI is InChI=1S/C13H16BrNO3/c1-8-5-10(14)6-9(7-16)12(8)18-11-3-4-15(2)13(11)17/h5-6,11,16H,3-4,7H2,1-2H3. The SMILES string of the molecule is Cc1cc(Br)cc(CO)c1OC1CCN(C)C1=O. The van der Waals surface area contributed by atoms with E-state index in [9.17, 15) is 9.90 Å². The molecule has 0 aromatic heterocycles. The molecule has 1 fully saturated rings. The lowest BCUT2D eigenvalue weighted by Crippen LogP contribution is -2.29. The van der Waals surface area contributed by atoms with Crippen LogP contribution < -0.4 is 4.74 Å². The molecule has 0 radical (unpaired) electrons. The number of carbonyl (C=O) groups is 1. The zero-order valence-corrected chi connectivity index (χ0v) is 12.0. The van der Waals surface area contributed by atoms with Crippen molar-refractivity contribution in [3.05, 3.63) is 27.7 Å². The van der Waals surface area contributed by atoms with E-state index >= 15 is 0 Å². The van der Waals surface area contributed by atoms with Crippen LogP contribution in [-0.2, 0) is 11.4 Å². The number of aliphatic hydroxyl groups excluding tert-OH is 1. The van der Waals surface area contributed by atoms with Crippen LogP contribution in [0.2, 0.25) is 0 Å². The summed E-state index contributed by atoms with van der Waals surface area (Å²) in [6.45, 7) is 2.52. The van der Waals surface area contributed by atoms with Gasteiger partial charge >= 0.3 is 0 Å². The number of benzene rings is 1. The molecule has 1 unspecified atom stereocenters. The average Bonchev–Trinajstić information content (AvgIpc) is 2.63. The number of likely N-dealkylation sites (N-methyl/N-ethyl adjacent to an activating group) is 1. The maximum atomic E-state index is 11.8. The minimum atomic E-state index is -0.430. The minimum Gasteiger partial charge on any atom is -0.480 e. The molecule has 0 spiro atoms. The van der Waals surface area contributed by atoms with Gasteiger partial charge in [-0.25, -0.2) is 0 Å². The van der Waals surface area contributed by atoms with Crippen LogP contribution in [-0.4, -0.2) is 35.6 Å². The van der Waals surface area contributed by atoms with Gasteiger partial charge in [0.1, 0.15) is 5.75 Å². The average molecular weight is 314 g/mol. The smallest absolute Gasteiger partial charge is 0.263 e. The monoisotopic (exact) mass is 313 g/mol. The van der Waals surface area contributed by atoms with Crippen LogP contribution in [0.4, 0.5) is 0 Å². The number of hydrogen-bond donors (Lipinski definition) is 1. The van der Waals surface area contributed by atoms with Crippen molar-refractivity contribution in [1.29, 1.82) is 0 Å². The van der Waals surface area contributed by atoms with E-state index in [4.69, 9.17) is 4.74 Å². The topological polar surface area (TPSA) is 49.8 Å². The second-order valence-corrected chi connectivity index (χ2v) is 5.44. The normalized spacial score (nSPS) is 19.4. The Kier molecular flexibility index (Phi) is 3.92. The summed E-state index contributed by atoms with van der Waals surface area (Å²) in [5.74, 6) is 0.621. The molecular formula is C13H16BrNO3. The summed E-state index contributed by atoms with van der Waals surface area (Å²) in [5.41, 5.74) is 1.61. The summed E-state index contributed by atoms with van der Waals surface area (Å²) >= 11 is 3.38. The molecule has 1 aromatic rings. The molecule has 1 aromatic carbocycles. The van der Waals surface area contributed by atoms with Crippen LogP contribution in [0.3, 0.4) is 0 Å². The molecule has 1 heterocycles. The summed E-state index contributed by atoms with van der Waals surface area (Å²) < 4.78 is 6.69. The molecule has 5 heteroatoms. The zero-order valence-electron chi connectivity index (χ0n) is 10.4. The number of likely N-dealkylation sites (tertiary alicyclic amines) is 1. The highest BCUT2D eigenvalue weighted by Gasteiger charge is 2.31. The number of rotatable bonds is 3. The molecule has 1 N–H and O–H groups in total. The van der Waals surface area contributed by atoms with Crippen molar-refractivity contribution in [2.45, 2.75) is 26.1 Å². The highest BCUT2D eigenvalue weighted by atomic mass is 79.9. The van der Waals surface area contributed by atoms with Gasteiger partial charge in [0.05, 0.1) is 6.61 Å². The van der Waals surface area contributed by atoms with Gasteiger partial charge in [0, 0.05) is 30.0 Å². The van der Waals surface area contributed by atoms with Gasteiger partial charge in [0.25, 0.3) is 5.91 Å². The predicted molar refractivity (Wildman–Crippen MR) is 71.5 cm³/mol. The zero-order chi connectivity index (χ0) is 13.3. The van der Waals surface area contributed by atoms with Crippen LogP contribution in [0.15, 0.2) is 16.6 Å².